The van der Waals surface area contributed by atoms with E-state index < -0.39 is 6.04 Å². The molecule has 1 atom stereocenters. The van der Waals surface area contributed by atoms with E-state index in [2.05, 4.69) is 5.32 Å². The van der Waals surface area contributed by atoms with Crippen LogP contribution in [0, 0.1) is 0 Å². The topological polar surface area (TPSA) is 49.4 Å². The van der Waals surface area contributed by atoms with Crippen molar-refractivity contribution in [1.29, 1.82) is 0 Å². The Labute approximate surface area is 156 Å². The highest BCUT2D eigenvalue weighted by Gasteiger charge is 2.34. The fourth-order valence-corrected chi connectivity index (χ4v) is 3.47. The SMILES string of the molecule is O=C(NCc1ccc(Cl)cc1Cl)[C@@H]1CCCN1C(=O)c1ccccc1. The molecule has 1 fully saturated rings. The van der Waals surface area contributed by atoms with Crippen molar-refractivity contribution in [2.24, 2.45) is 0 Å². The van der Waals surface area contributed by atoms with Gasteiger partial charge in [0.25, 0.3) is 5.91 Å². The van der Waals surface area contributed by atoms with E-state index in [1.54, 1.807) is 35.2 Å². The lowest BCUT2D eigenvalue weighted by Crippen LogP contribution is -2.45. The second kappa shape index (κ2) is 7.89. The van der Waals surface area contributed by atoms with Crippen molar-refractivity contribution in [3.05, 3.63) is 69.7 Å². The first-order valence-corrected chi connectivity index (χ1v) is 8.89. The number of rotatable bonds is 4. The van der Waals surface area contributed by atoms with E-state index in [9.17, 15) is 9.59 Å². The van der Waals surface area contributed by atoms with Crippen LogP contribution in [0.2, 0.25) is 10.0 Å². The van der Waals surface area contributed by atoms with Gasteiger partial charge in [0.05, 0.1) is 0 Å². The van der Waals surface area contributed by atoms with E-state index in [1.807, 2.05) is 18.2 Å². The number of benzene rings is 2. The highest BCUT2D eigenvalue weighted by Crippen LogP contribution is 2.22. The first-order chi connectivity index (χ1) is 12.1. The predicted octanol–water partition coefficient (Wildman–Crippen LogP) is 3.91. The summed E-state index contributed by atoms with van der Waals surface area (Å²) < 4.78 is 0. The summed E-state index contributed by atoms with van der Waals surface area (Å²) in [6.45, 7) is 0.895. The van der Waals surface area contributed by atoms with Gasteiger partial charge in [-0.2, -0.15) is 0 Å². The number of carbonyl (C=O) groups excluding carboxylic acids is 2. The molecular weight excluding hydrogens is 359 g/mol. The van der Waals surface area contributed by atoms with E-state index in [0.29, 0.717) is 35.1 Å². The van der Waals surface area contributed by atoms with Gasteiger partial charge in [-0.1, -0.05) is 47.5 Å². The van der Waals surface area contributed by atoms with Crippen LogP contribution in [0.4, 0.5) is 0 Å². The number of hydrogen-bond donors (Lipinski definition) is 1. The number of nitrogens with zero attached hydrogens (tertiary/aromatic N) is 1. The molecule has 1 N–H and O–H groups in total. The lowest BCUT2D eigenvalue weighted by molar-refractivity contribution is -0.125. The summed E-state index contributed by atoms with van der Waals surface area (Å²) in [6, 6.07) is 13.8. The molecule has 0 radical (unpaired) electrons. The molecule has 2 amide bonds. The molecule has 1 aliphatic rings. The quantitative estimate of drug-likeness (QED) is 0.878. The predicted molar refractivity (Wildman–Crippen MR) is 98.8 cm³/mol. The number of likely N-dealkylation sites (tertiary alicyclic amines) is 1. The molecular formula is C19H18Cl2N2O2. The van der Waals surface area contributed by atoms with Crippen LogP contribution in [0.15, 0.2) is 48.5 Å². The highest BCUT2D eigenvalue weighted by atomic mass is 35.5. The summed E-state index contributed by atoms with van der Waals surface area (Å²) in [6.07, 6.45) is 1.48. The fourth-order valence-electron chi connectivity index (χ4n) is 2.99. The zero-order chi connectivity index (χ0) is 17.8. The van der Waals surface area contributed by atoms with Crippen molar-refractivity contribution in [2.45, 2.75) is 25.4 Å². The van der Waals surface area contributed by atoms with Crippen LogP contribution in [0.3, 0.4) is 0 Å². The molecule has 2 aromatic carbocycles. The monoisotopic (exact) mass is 376 g/mol. The van der Waals surface area contributed by atoms with Crippen molar-refractivity contribution in [3.63, 3.8) is 0 Å². The standard InChI is InChI=1S/C19H18Cl2N2O2/c20-15-9-8-14(16(21)11-15)12-22-18(24)17-7-4-10-23(17)19(25)13-5-2-1-3-6-13/h1-3,5-6,8-9,11,17H,4,7,10,12H2,(H,22,24)/t17-/m0/s1. The van der Waals surface area contributed by atoms with Gasteiger partial charge in [-0.05, 0) is 42.7 Å². The molecule has 0 aliphatic carbocycles. The maximum Gasteiger partial charge on any atom is 0.254 e. The summed E-state index contributed by atoms with van der Waals surface area (Å²) in [5.74, 6) is -0.268. The van der Waals surface area contributed by atoms with Crippen molar-refractivity contribution >= 4 is 35.0 Å². The molecule has 1 aliphatic heterocycles. The van der Waals surface area contributed by atoms with Gasteiger partial charge in [-0.15, -0.1) is 0 Å². The Balaban J connectivity index is 1.65. The van der Waals surface area contributed by atoms with Crippen LogP contribution < -0.4 is 5.32 Å². The van der Waals surface area contributed by atoms with Crippen LogP contribution in [-0.2, 0) is 11.3 Å². The summed E-state index contributed by atoms with van der Waals surface area (Å²) >= 11 is 12.0. The average Bonchev–Trinajstić information content (AvgIpc) is 3.10. The Morgan fingerprint density at radius 2 is 1.88 bits per heavy atom. The second-order valence-corrected chi connectivity index (χ2v) is 6.82. The summed E-state index contributed by atoms with van der Waals surface area (Å²) in [5.41, 5.74) is 1.39. The van der Waals surface area contributed by atoms with E-state index >= 15 is 0 Å². The van der Waals surface area contributed by atoms with E-state index in [-0.39, 0.29) is 11.8 Å². The molecule has 25 heavy (non-hydrogen) atoms. The Bertz CT molecular complexity index is 780. The van der Waals surface area contributed by atoms with Crippen LogP contribution >= 0.6 is 23.2 Å². The van der Waals surface area contributed by atoms with Gasteiger partial charge in [0.1, 0.15) is 6.04 Å². The molecule has 4 nitrogen and oxygen atoms in total. The van der Waals surface area contributed by atoms with Crippen molar-refractivity contribution in [2.75, 3.05) is 6.54 Å². The average molecular weight is 377 g/mol. The molecule has 0 aromatic heterocycles. The minimum absolute atomic E-state index is 0.109. The first kappa shape index (κ1) is 17.8. The Kier molecular flexibility index (Phi) is 5.61. The van der Waals surface area contributed by atoms with Gasteiger partial charge in [-0.25, -0.2) is 0 Å². The zero-order valence-electron chi connectivity index (χ0n) is 13.5. The third-order valence-electron chi connectivity index (χ3n) is 4.31. The summed E-state index contributed by atoms with van der Waals surface area (Å²) in [4.78, 5) is 26.9. The molecule has 0 bridgehead atoms. The minimum atomic E-state index is -0.446. The van der Waals surface area contributed by atoms with Gasteiger partial charge in [0.15, 0.2) is 0 Å². The molecule has 130 valence electrons. The Morgan fingerprint density at radius 3 is 2.60 bits per heavy atom. The number of amides is 2. The number of nitrogens with one attached hydrogen (secondary N) is 1. The first-order valence-electron chi connectivity index (χ1n) is 8.14. The number of halogens is 2. The smallest absolute Gasteiger partial charge is 0.254 e. The van der Waals surface area contributed by atoms with E-state index in [0.717, 1.165) is 12.0 Å². The lowest BCUT2D eigenvalue weighted by atomic mass is 10.1. The molecule has 6 heteroatoms. The maximum atomic E-state index is 12.6. The van der Waals surface area contributed by atoms with Gasteiger partial charge in [0, 0.05) is 28.7 Å². The van der Waals surface area contributed by atoms with E-state index in [1.165, 1.54) is 0 Å². The van der Waals surface area contributed by atoms with Crippen LogP contribution in [0.1, 0.15) is 28.8 Å². The molecule has 2 aromatic rings. The second-order valence-electron chi connectivity index (χ2n) is 5.98. The zero-order valence-corrected chi connectivity index (χ0v) is 15.1. The number of hydrogen-bond acceptors (Lipinski definition) is 2. The van der Waals surface area contributed by atoms with Crippen LogP contribution in [-0.4, -0.2) is 29.3 Å². The van der Waals surface area contributed by atoms with Crippen molar-refractivity contribution < 1.29 is 9.59 Å². The molecule has 3 rings (SSSR count). The van der Waals surface area contributed by atoms with E-state index in [4.69, 9.17) is 23.2 Å². The summed E-state index contributed by atoms with van der Waals surface area (Å²) in [7, 11) is 0. The molecule has 0 spiro atoms. The minimum Gasteiger partial charge on any atom is -0.350 e. The molecule has 1 saturated heterocycles. The number of carbonyl (C=O) groups is 2. The van der Waals surface area contributed by atoms with Crippen molar-refractivity contribution in [3.8, 4) is 0 Å². The Hall–Kier alpha value is -2.04. The maximum absolute atomic E-state index is 12.6. The summed E-state index contributed by atoms with van der Waals surface area (Å²) in [5, 5.41) is 3.94. The largest absolute Gasteiger partial charge is 0.350 e. The van der Waals surface area contributed by atoms with Crippen LogP contribution in [0.25, 0.3) is 0 Å². The molecule has 0 unspecified atom stereocenters. The van der Waals surface area contributed by atoms with Gasteiger partial charge >= 0.3 is 0 Å². The molecule has 1 heterocycles. The molecule has 0 saturated carbocycles. The van der Waals surface area contributed by atoms with Gasteiger partial charge < -0.3 is 10.2 Å². The fraction of sp³-hybridized carbons (Fsp3) is 0.263. The third-order valence-corrected chi connectivity index (χ3v) is 4.89. The van der Waals surface area contributed by atoms with Crippen molar-refractivity contribution in [1.82, 2.24) is 10.2 Å². The van der Waals surface area contributed by atoms with Crippen LogP contribution in [0.5, 0.6) is 0 Å². The van der Waals surface area contributed by atoms with Gasteiger partial charge in [-0.3, -0.25) is 9.59 Å². The highest BCUT2D eigenvalue weighted by molar-refractivity contribution is 6.35. The van der Waals surface area contributed by atoms with Gasteiger partial charge in [0.2, 0.25) is 5.91 Å². The lowest BCUT2D eigenvalue weighted by Gasteiger charge is -2.24. The normalized spacial score (nSPS) is 16.7. The Morgan fingerprint density at radius 1 is 1.12 bits per heavy atom. The third kappa shape index (κ3) is 4.14.